The van der Waals surface area contributed by atoms with Crippen LogP contribution in [-0.4, -0.2) is 74.8 Å². The number of likely N-dealkylation sites (tertiary alicyclic amines) is 2. The zero-order valence-electron chi connectivity index (χ0n) is 18.7. The molecule has 0 bridgehead atoms. The molecule has 1 aromatic carbocycles. The van der Waals surface area contributed by atoms with Crippen LogP contribution >= 0.6 is 23.2 Å². The number of carbonyl (C=O) groups excluding carboxylic acids is 1. The monoisotopic (exact) mass is 503 g/mol. The summed E-state index contributed by atoms with van der Waals surface area (Å²) in [7, 11) is 0. The Labute approximate surface area is 208 Å². The number of piperidine rings is 1. The third-order valence-electron chi connectivity index (χ3n) is 6.52. The molecule has 8 nitrogen and oxygen atoms in total. The second kappa shape index (κ2) is 10.7. The number of carbonyl (C=O) groups is 2. The molecule has 1 amide bonds. The SMILES string of the molecule is C=Nc1c(/C(=C\CN2CCC[C@H]2C(=O)N2CCCCC2C(=O)O)n2ccnc2)ccc(Cl)c1Cl. The Morgan fingerprint density at radius 3 is 2.68 bits per heavy atom. The first kappa shape index (κ1) is 24.4. The number of aromatic nitrogens is 2. The van der Waals surface area contributed by atoms with E-state index in [1.807, 2.05) is 22.9 Å². The molecule has 3 heterocycles. The van der Waals surface area contributed by atoms with E-state index >= 15 is 0 Å². The average molecular weight is 504 g/mol. The predicted molar refractivity (Wildman–Crippen MR) is 133 cm³/mol. The number of amides is 1. The van der Waals surface area contributed by atoms with Gasteiger partial charge in [0.1, 0.15) is 6.04 Å². The molecule has 2 aliphatic heterocycles. The molecule has 2 aromatic rings. The number of imidazole rings is 1. The van der Waals surface area contributed by atoms with Crippen LogP contribution in [0, 0.1) is 0 Å². The smallest absolute Gasteiger partial charge is 0.326 e. The van der Waals surface area contributed by atoms with Crippen molar-refractivity contribution < 1.29 is 14.7 Å². The van der Waals surface area contributed by atoms with Crippen LogP contribution in [0.5, 0.6) is 0 Å². The number of aliphatic carboxylic acids is 1. The Hall–Kier alpha value is -2.68. The molecule has 1 N–H and O–H groups in total. The van der Waals surface area contributed by atoms with E-state index in [-0.39, 0.29) is 11.9 Å². The molecular weight excluding hydrogens is 477 g/mol. The Balaban J connectivity index is 1.62. The zero-order valence-corrected chi connectivity index (χ0v) is 20.3. The van der Waals surface area contributed by atoms with Crippen molar-refractivity contribution >= 4 is 53.2 Å². The lowest BCUT2D eigenvalue weighted by molar-refractivity contribution is -0.154. The summed E-state index contributed by atoms with van der Waals surface area (Å²) >= 11 is 12.6. The molecule has 34 heavy (non-hydrogen) atoms. The van der Waals surface area contributed by atoms with Gasteiger partial charge in [-0.05, 0) is 63.6 Å². The lowest BCUT2D eigenvalue weighted by Crippen LogP contribution is -2.54. The van der Waals surface area contributed by atoms with Gasteiger partial charge in [-0.3, -0.25) is 14.7 Å². The van der Waals surface area contributed by atoms with Gasteiger partial charge in [0.2, 0.25) is 5.91 Å². The second-order valence-electron chi connectivity index (χ2n) is 8.51. The summed E-state index contributed by atoms with van der Waals surface area (Å²) in [6.45, 7) is 5.39. The Bertz CT molecular complexity index is 1100. The quantitative estimate of drug-likeness (QED) is 0.567. The van der Waals surface area contributed by atoms with E-state index in [1.165, 1.54) is 0 Å². The molecule has 2 saturated heterocycles. The van der Waals surface area contributed by atoms with Crippen LogP contribution < -0.4 is 0 Å². The van der Waals surface area contributed by atoms with Gasteiger partial charge in [-0.1, -0.05) is 23.2 Å². The van der Waals surface area contributed by atoms with Crippen molar-refractivity contribution in [1.82, 2.24) is 19.4 Å². The first-order valence-electron chi connectivity index (χ1n) is 11.3. The fraction of sp³-hybridized carbons (Fsp3) is 0.417. The van der Waals surface area contributed by atoms with Crippen LogP contribution in [0.3, 0.4) is 0 Å². The van der Waals surface area contributed by atoms with Crippen LogP contribution in [0.15, 0.2) is 41.9 Å². The molecule has 0 radical (unpaired) electrons. The second-order valence-corrected chi connectivity index (χ2v) is 9.29. The Morgan fingerprint density at radius 1 is 1.18 bits per heavy atom. The molecule has 2 aliphatic rings. The van der Waals surface area contributed by atoms with Gasteiger partial charge < -0.3 is 14.6 Å². The van der Waals surface area contributed by atoms with E-state index in [0.29, 0.717) is 41.7 Å². The standard InChI is InChI=1S/C24H27Cl2N5O3/c1-27-22-16(7-8-17(25)21(22)26)18(30-14-10-28-15-30)9-13-29-11-4-6-19(29)23(32)31-12-3-2-5-20(31)24(33)34/h7-10,14-15,19-20H,1-6,11-13H2,(H,33,34)/b18-9+/t19-,20?/m0/s1. The van der Waals surface area contributed by atoms with E-state index in [2.05, 4.69) is 21.6 Å². The van der Waals surface area contributed by atoms with Gasteiger partial charge in [-0.2, -0.15) is 0 Å². The van der Waals surface area contributed by atoms with Crippen LogP contribution in [0.2, 0.25) is 10.0 Å². The Morgan fingerprint density at radius 2 is 1.97 bits per heavy atom. The van der Waals surface area contributed by atoms with Gasteiger partial charge in [0.25, 0.3) is 0 Å². The number of carboxylic acids is 1. The molecule has 2 atom stereocenters. The fourth-order valence-electron chi connectivity index (χ4n) is 4.83. The van der Waals surface area contributed by atoms with Gasteiger partial charge in [0.05, 0.1) is 33.8 Å². The van der Waals surface area contributed by atoms with E-state index in [9.17, 15) is 14.7 Å². The molecule has 1 aromatic heterocycles. The summed E-state index contributed by atoms with van der Waals surface area (Å²) < 4.78 is 1.85. The molecule has 0 spiro atoms. The van der Waals surface area contributed by atoms with Crippen LogP contribution in [0.1, 0.15) is 37.7 Å². The summed E-state index contributed by atoms with van der Waals surface area (Å²) in [5.74, 6) is -1.02. The molecule has 10 heteroatoms. The summed E-state index contributed by atoms with van der Waals surface area (Å²) in [6, 6.07) is 2.47. The minimum Gasteiger partial charge on any atom is -0.480 e. The van der Waals surface area contributed by atoms with Crippen molar-refractivity contribution in [2.24, 2.45) is 4.99 Å². The lowest BCUT2D eigenvalue weighted by atomic mass is 10.0. The van der Waals surface area contributed by atoms with E-state index in [4.69, 9.17) is 23.2 Å². The van der Waals surface area contributed by atoms with Crippen LogP contribution in [0.4, 0.5) is 5.69 Å². The van der Waals surface area contributed by atoms with Crippen molar-refractivity contribution in [1.29, 1.82) is 0 Å². The van der Waals surface area contributed by atoms with Gasteiger partial charge in [0, 0.05) is 31.0 Å². The maximum atomic E-state index is 13.4. The topological polar surface area (TPSA) is 91.0 Å². The summed E-state index contributed by atoms with van der Waals surface area (Å²) in [4.78, 5) is 37.0. The highest BCUT2D eigenvalue weighted by molar-refractivity contribution is 6.43. The number of rotatable bonds is 7. The highest BCUT2D eigenvalue weighted by Crippen LogP contribution is 2.39. The van der Waals surface area contributed by atoms with Gasteiger partial charge >= 0.3 is 5.97 Å². The van der Waals surface area contributed by atoms with Crippen molar-refractivity contribution in [2.75, 3.05) is 19.6 Å². The number of nitrogens with zero attached hydrogens (tertiary/aromatic N) is 5. The maximum Gasteiger partial charge on any atom is 0.326 e. The zero-order chi connectivity index (χ0) is 24.2. The molecule has 2 fully saturated rings. The molecule has 180 valence electrons. The summed E-state index contributed by atoms with van der Waals surface area (Å²) in [5, 5.41) is 10.3. The first-order chi connectivity index (χ1) is 16.4. The third-order valence-corrected chi connectivity index (χ3v) is 7.32. The van der Waals surface area contributed by atoms with Crippen LogP contribution in [-0.2, 0) is 9.59 Å². The number of hydrogen-bond acceptors (Lipinski definition) is 5. The molecule has 0 aliphatic carbocycles. The van der Waals surface area contributed by atoms with E-state index in [0.717, 1.165) is 37.1 Å². The van der Waals surface area contributed by atoms with Crippen molar-refractivity contribution in [3.63, 3.8) is 0 Å². The first-order valence-corrected chi connectivity index (χ1v) is 12.1. The minimum atomic E-state index is -0.927. The number of benzene rings is 1. The number of aliphatic imine (C=N–C) groups is 1. The van der Waals surface area contributed by atoms with Gasteiger partial charge in [-0.25, -0.2) is 9.78 Å². The largest absolute Gasteiger partial charge is 0.480 e. The molecule has 4 rings (SSSR count). The van der Waals surface area contributed by atoms with Crippen molar-refractivity contribution in [3.8, 4) is 0 Å². The third kappa shape index (κ3) is 4.89. The van der Waals surface area contributed by atoms with Gasteiger partial charge in [-0.15, -0.1) is 0 Å². The van der Waals surface area contributed by atoms with Crippen molar-refractivity contribution in [3.05, 3.63) is 52.5 Å². The highest BCUT2D eigenvalue weighted by atomic mass is 35.5. The maximum absolute atomic E-state index is 13.4. The normalized spacial score (nSPS) is 21.6. The van der Waals surface area contributed by atoms with Gasteiger partial charge in [0.15, 0.2) is 0 Å². The molecular formula is C24H27Cl2N5O3. The van der Waals surface area contributed by atoms with Crippen molar-refractivity contribution in [2.45, 2.75) is 44.2 Å². The number of halogens is 2. The molecule has 0 saturated carbocycles. The minimum absolute atomic E-state index is 0.0924. The molecule has 1 unspecified atom stereocenters. The van der Waals surface area contributed by atoms with E-state index < -0.39 is 12.0 Å². The summed E-state index contributed by atoms with van der Waals surface area (Å²) in [6.07, 6.45) is 10.9. The fourth-order valence-corrected chi connectivity index (χ4v) is 5.21. The number of carboxylic acid groups (broad SMARTS) is 1. The highest BCUT2D eigenvalue weighted by Gasteiger charge is 2.39. The lowest BCUT2D eigenvalue weighted by Gasteiger charge is -2.36. The summed E-state index contributed by atoms with van der Waals surface area (Å²) in [5.41, 5.74) is 2.00. The van der Waals surface area contributed by atoms with Crippen LogP contribution in [0.25, 0.3) is 5.70 Å². The van der Waals surface area contributed by atoms with E-state index in [1.54, 1.807) is 23.5 Å². The Kier molecular flexibility index (Phi) is 7.70. The predicted octanol–water partition coefficient (Wildman–Crippen LogP) is 4.34. The average Bonchev–Trinajstić information content (AvgIpc) is 3.53. The number of hydrogen-bond donors (Lipinski definition) is 1.